The monoisotopic (exact) mass is 514 g/mol. The van der Waals surface area contributed by atoms with E-state index in [-0.39, 0.29) is 0 Å². The molecule has 5 rings (SSSR count). The highest BCUT2D eigenvalue weighted by Crippen LogP contribution is 2.25. The van der Waals surface area contributed by atoms with Gasteiger partial charge in [-0.1, -0.05) is 0 Å². The first-order chi connectivity index (χ1) is 18.4. The molecule has 0 saturated heterocycles. The van der Waals surface area contributed by atoms with Crippen LogP contribution in [0.2, 0.25) is 0 Å². The van der Waals surface area contributed by atoms with Gasteiger partial charge in [-0.15, -0.1) is 0 Å². The first-order valence-electron chi connectivity index (χ1n) is 12.8. The predicted octanol–water partition coefficient (Wildman–Crippen LogP) is 4.22. The van der Waals surface area contributed by atoms with Crippen molar-refractivity contribution in [3.8, 4) is 34.5 Å². The Morgan fingerprint density at radius 3 is 1.71 bits per heavy atom. The maximum absolute atomic E-state index is 5.89. The lowest BCUT2D eigenvalue weighted by Gasteiger charge is -2.10. The zero-order chi connectivity index (χ0) is 26.5. The van der Waals surface area contributed by atoms with Crippen LogP contribution in [0.3, 0.4) is 0 Å². The zero-order valence-electron chi connectivity index (χ0n) is 22.4. The largest absolute Gasteiger partial charge is 0.493 e. The number of rotatable bonds is 12. The molecule has 0 spiro atoms. The summed E-state index contributed by atoms with van der Waals surface area (Å²) in [5, 5.41) is 0. The molecule has 10 heteroatoms. The van der Waals surface area contributed by atoms with Crippen molar-refractivity contribution in [2.24, 2.45) is 0 Å². The summed E-state index contributed by atoms with van der Waals surface area (Å²) in [5.74, 6) is 3.47. The molecular weight excluding hydrogens is 480 g/mol. The van der Waals surface area contributed by atoms with Crippen molar-refractivity contribution in [2.75, 3.05) is 54.5 Å². The molecule has 0 unspecified atom stereocenters. The van der Waals surface area contributed by atoms with Gasteiger partial charge < -0.3 is 29.2 Å². The minimum Gasteiger partial charge on any atom is -0.493 e. The van der Waals surface area contributed by atoms with Gasteiger partial charge in [0, 0.05) is 37.6 Å². The lowest BCUT2D eigenvalue weighted by molar-refractivity contribution is 0.282. The van der Waals surface area contributed by atoms with Crippen LogP contribution < -0.4 is 9.47 Å². The maximum atomic E-state index is 5.89. The number of H-pyrrole nitrogens is 2. The Balaban J connectivity index is 1.26. The molecule has 3 aromatic heterocycles. The first kappa shape index (κ1) is 25.6. The highest BCUT2D eigenvalue weighted by molar-refractivity contribution is 5.81. The molecule has 5 aromatic rings. The Morgan fingerprint density at radius 2 is 1.18 bits per heavy atom. The molecule has 0 aliphatic rings. The molecule has 38 heavy (non-hydrogen) atoms. The van der Waals surface area contributed by atoms with Crippen LogP contribution in [0.15, 0.2) is 48.8 Å². The third-order valence-electron chi connectivity index (χ3n) is 6.08. The smallest absolute Gasteiger partial charge is 0.195 e. The fourth-order valence-electron chi connectivity index (χ4n) is 4.11. The van der Waals surface area contributed by atoms with Crippen LogP contribution in [-0.2, 0) is 0 Å². The number of fused-ring (bicyclic) bond motifs is 2. The molecule has 0 bridgehead atoms. The van der Waals surface area contributed by atoms with Crippen LogP contribution in [0.5, 0.6) is 11.5 Å². The minimum absolute atomic E-state index is 0.517. The number of ether oxygens (including phenoxy) is 2. The van der Waals surface area contributed by atoms with Crippen LogP contribution in [0, 0.1) is 0 Å². The number of imidazole rings is 2. The molecule has 0 fully saturated rings. The van der Waals surface area contributed by atoms with E-state index >= 15 is 0 Å². The van der Waals surface area contributed by atoms with Crippen molar-refractivity contribution in [3.05, 3.63) is 48.8 Å². The Labute approximate surface area is 222 Å². The van der Waals surface area contributed by atoms with Gasteiger partial charge in [-0.25, -0.2) is 19.9 Å². The molecular formula is C28H34N8O2. The first-order valence-corrected chi connectivity index (χ1v) is 12.8. The molecule has 10 nitrogen and oxygen atoms in total. The van der Waals surface area contributed by atoms with Gasteiger partial charge in [-0.3, -0.25) is 0 Å². The van der Waals surface area contributed by atoms with E-state index in [1.165, 1.54) is 0 Å². The van der Waals surface area contributed by atoms with Crippen LogP contribution in [-0.4, -0.2) is 94.2 Å². The molecule has 2 N–H and O–H groups in total. The summed E-state index contributed by atoms with van der Waals surface area (Å²) in [6, 6.07) is 11.7. The van der Waals surface area contributed by atoms with E-state index in [1.807, 2.05) is 36.4 Å². The van der Waals surface area contributed by atoms with Gasteiger partial charge in [0.05, 0.1) is 40.8 Å². The van der Waals surface area contributed by atoms with E-state index in [2.05, 4.69) is 62.9 Å². The van der Waals surface area contributed by atoms with Gasteiger partial charge in [-0.2, -0.15) is 0 Å². The molecule has 0 aliphatic carbocycles. The summed E-state index contributed by atoms with van der Waals surface area (Å²) in [7, 11) is 8.24. The molecule has 0 saturated carbocycles. The molecule has 198 valence electrons. The quantitative estimate of drug-likeness (QED) is 0.238. The summed E-state index contributed by atoms with van der Waals surface area (Å²) in [5.41, 5.74) is 4.29. The molecule has 0 radical (unpaired) electrons. The summed E-state index contributed by atoms with van der Waals surface area (Å²) < 4.78 is 11.8. The van der Waals surface area contributed by atoms with Gasteiger partial charge in [0.15, 0.2) is 11.6 Å². The standard InChI is InChI=1S/C28H34N8O2/c1-35(2)11-5-13-37-20-7-9-22-24(15-20)33-26(31-22)19-17-29-27(30-18-19)28-32-23-10-8-21(16-25(23)34-28)38-14-6-12-36(3)4/h7-10,15-18H,5-6,11-14H2,1-4H3,(H,31,33)(H,32,34). The summed E-state index contributed by atoms with van der Waals surface area (Å²) >= 11 is 0. The third kappa shape index (κ3) is 6.27. The van der Waals surface area contributed by atoms with Crippen molar-refractivity contribution < 1.29 is 9.47 Å². The molecule has 0 aliphatic heterocycles. The van der Waals surface area contributed by atoms with Crippen LogP contribution in [0.1, 0.15) is 12.8 Å². The van der Waals surface area contributed by atoms with Crippen molar-refractivity contribution in [2.45, 2.75) is 12.8 Å². The fourth-order valence-corrected chi connectivity index (χ4v) is 4.11. The van der Waals surface area contributed by atoms with E-state index < -0.39 is 0 Å². The highest BCUT2D eigenvalue weighted by Gasteiger charge is 2.12. The normalized spacial score (nSPS) is 11.7. The molecule has 0 atom stereocenters. The van der Waals surface area contributed by atoms with Crippen molar-refractivity contribution in [1.82, 2.24) is 39.7 Å². The fraction of sp³-hybridized carbons (Fsp3) is 0.357. The predicted molar refractivity (Wildman–Crippen MR) is 150 cm³/mol. The number of hydrogen-bond donors (Lipinski definition) is 2. The topological polar surface area (TPSA) is 108 Å². The summed E-state index contributed by atoms with van der Waals surface area (Å²) in [6.07, 6.45) is 5.45. The Hall–Kier alpha value is -4.02. The van der Waals surface area contributed by atoms with E-state index in [0.29, 0.717) is 30.7 Å². The summed E-state index contributed by atoms with van der Waals surface area (Å²) in [4.78, 5) is 29.4. The van der Waals surface area contributed by atoms with Crippen molar-refractivity contribution in [1.29, 1.82) is 0 Å². The Bertz CT molecular complexity index is 1380. The second-order valence-corrected chi connectivity index (χ2v) is 9.83. The van der Waals surface area contributed by atoms with Gasteiger partial charge in [0.2, 0.25) is 0 Å². The number of benzene rings is 2. The van der Waals surface area contributed by atoms with Crippen molar-refractivity contribution in [3.63, 3.8) is 0 Å². The number of aromatic amines is 2. The second kappa shape index (κ2) is 11.6. The molecule has 3 heterocycles. The van der Waals surface area contributed by atoms with Gasteiger partial charge in [0.1, 0.15) is 17.3 Å². The SMILES string of the molecule is CN(C)CCCOc1ccc2nc(-c3cnc(-c4nc5ccc(OCCCN(C)C)cc5[nH]4)nc3)[nH]c2c1. The van der Waals surface area contributed by atoms with E-state index in [9.17, 15) is 0 Å². The number of hydrogen-bond acceptors (Lipinski definition) is 8. The van der Waals surface area contributed by atoms with E-state index in [0.717, 1.165) is 65.1 Å². The average Bonchev–Trinajstić information content (AvgIpc) is 3.53. The van der Waals surface area contributed by atoms with Gasteiger partial charge in [0.25, 0.3) is 0 Å². The minimum atomic E-state index is 0.517. The van der Waals surface area contributed by atoms with Crippen LogP contribution in [0.25, 0.3) is 45.1 Å². The van der Waals surface area contributed by atoms with Crippen LogP contribution >= 0.6 is 0 Å². The lowest BCUT2D eigenvalue weighted by atomic mass is 10.3. The molecule has 0 amide bonds. The lowest BCUT2D eigenvalue weighted by Crippen LogP contribution is -2.15. The summed E-state index contributed by atoms with van der Waals surface area (Å²) in [6.45, 7) is 3.33. The van der Waals surface area contributed by atoms with Gasteiger partial charge >= 0.3 is 0 Å². The molecule has 2 aromatic carbocycles. The van der Waals surface area contributed by atoms with E-state index in [4.69, 9.17) is 14.5 Å². The number of nitrogens with zero attached hydrogens (tertiary/aromatic N) is 6. The zero-order valence-corrected chi connectivity index (χ0v) is 22.4. The number of nitrogens with one attached hydrogen (secondary N) is 2. The van der Waals surface area contributed by atoms with Gasteiger partial charge in [-0.05, 0) is 65.3 Å². The average molecular weight is 515 g/mol. The highest BCUT2D eigenvalue weighted by atomic mass is 16.5. The Kier molecular flexibility index (Phi) is 7.81. The second-order valence-electron chi connectivity index (χ2n) is 9.83. The van der Waals surface area contributed by atoms with Crippen LogP contribution in [0.4, 0.5) is 0 Å². The van der Waals surface area contributed by atoms with E-state index in [1.54, 1.807) is 12.4 Å². The Morgan fingerprint density at radius 1 is 0.684 bits per heavy atom. The maximum Gasteiger partial charge on any atom is 0.195 e. The number of aromatic nitrogens is 6. The van der Waals surface area contributed by atoms with Crippen molar-refractivity contribution >= 4 is 22.1 Å². The third-order valence-corrected chi connectivity index (χ3v) is 6.08.